The van der Waals surface area contributed by atoms with Gasteiger partial charge in [0.25, 0.3) is 0 Å². The molecule has 0 saturated heterocycles. The van der Waals surface area contributed by atoms with Crippen LogP contribution in [0, 0.1) is 0 Å². The lowest BCUT2D eigenvalue weighted by Gasteiger charge is -2.23. The van der Waals surface area contributed by atoms with E-state index in [9.17, 15) is 0 Å². The maximum absolute atomic E-state index is 2.30. The number of hydrogen-bond donors (Lipinski definition) is 0. The highest BCUT2D eigenvalue weighted by Gasteiger charge is 2.17. The third-order valence-corrected chi connectivity index (χ3v) is 4.32. The van der Waals surface area contributed by atoms with Crippen molar-refractivity contribution in [3.63, 3.8) is 0 Å². The Bertz CT molecular complexity index is 327. The third-order valence-electron chi connectivity index (χ3n) is 2.97. The van der Waals surface area contributed by atoms with Crippen LogP contribution in [0.3, 0.4) is 0 Å². The fraction of sp³-hybridized carbons (Fsp3) is 0.600. The van der Waals surface area contributed by atoms with Crippen LogP contribution in [0.2, 0.25) is 0 Å². The molecule has 0 nitrogen and oxygen atoms in total. The summed E-state index contributed by atoms with van der Waals surface area (Å²) in [5.41, 5.74) is 1.66. The van der Waals surface area contributed by atoms with Gasteiger partial charge in [0.2, 0.25) is 0 Å². The average Bonchev–Trinajstić information content (AvgIpc) is 2.16. The van der Waals surface area contributed by atoms with E-state index >= 15 is 0 Å². The molecule has 16 heavy (non-hydrogen) atoms. The lowest BCUT2D eigenvalue weighted by Crippen LogP contribution is -2.12. The highest BCUT2D eigenvalue weighted by molar-refractivity contribution is 8.00. The maximum Gasteiger partial charge on any atom is 0.0148 e. The van der Waals surface area contributed by atoms with E-state index in [0.29, 0.717) is 4.75 Å². The molecule has 90 valence electrons. The molecule has 1 aromatic carbocycles. The van der Waals surface area contributed by atoms with Crippen LogP contribution in [0.15, 0.2) is 29.2 Å². The Balaban J connectivity index is 2.80. The summed E-state index contributed by atoms with van der Waals surface area (Å²) in [7, 11) is 0. The van der Waals surface area contributed by atoms with Gasteiger partial charge in [0.1, 0.15) is 0 Å². The fourth-order valence-corrected chi connectivity index (χ4v) is 2.47. The van der Waals surface area contributed by atoms with E-state index < -0.39 is 0 Å². The van der Waals surface area contributed by atoms with E-state index in [1.165, 1.54) is 16.9 Å². The van der Waals surface area contributed by atoms with E-state index in [1.807, 2.05) is 11.8 Å². The van der Waals surface area contributed by atoms with Gasteiger partial charge in [0.15, 0.2) is 0 Å². The molecule has 0 fully saturated rings. The largest absolute Gasteiger partial charge is 0.120 e. The lowest BCUT2D eigenvalue weighted by atomic mass is 9.87. The lowest BCUT2D eigenvalue weighted by molar-refractivity contribution is 0.589. The Morgan fingerprint density at radius 3 is 1.81 bits per heavy atom. The summed E-state index contributed by atoms with van der Waals surface area (Å²) in [6.07, 6.45) is 1.19. The van der Waals surface area contributed by atoms with Crippen LogP contribution in [0.5, 0.6) is 0 Å². The molecule has 0 radical (unpaired) electrons. The van der Waals surface area contributed by atoms with E-state index in [-0.39, 0.29) is 5.41 Å². The summed E-state index contributed by atoms with van der Waals surface area (Å²) in [6, 6.07) is 9.02. The summed E-state index contributed by atoms with van der Waals surface area (Å²) in [6.45, 7) is 13.6. The van der Waals surface area contributed by atoms with Crippen molar-refractivity contribution in [3.8, 4) is 0 Å². The summed E-state index contributed by atoms with van der Waals surface area (Å²) in [5, 5.41) is 0. The van der Waals surface area contributed by atoms with Gasteiger partial charge in [-0.3, -0.25) is 0 Å². The van der Waals surface area contributed by atoms with Crippen molar-refractivity contribution in [1.29, 1.82) is 0 Å². The predicted octanol–water partition coefficient (Wildman–Crippen LogP) is 5.26. The van der Waals surface area contributed by atoms with E-state index in [2.05, 4.69) is 65.8 Å². The molecule has 0 bridgehead atoms. The topological polar surface area (TPSA) is 0 Å². The van der Waals surface area contributed by atoms with Crippen LogP contribution < -0.4 is 0 Å². The second kappa shape index (κ2) is 4.83. The number of thioether (sulfide) groups is 1. The van der Waals surface area contributed by atoms with Crippen molar-refractivity contribution in [2.45, 2.75) is 63.0 Å². The SMILES string of the molecule is CCC(C)(C)Sc1ccc(C(C)(C)C)cc1. The Morgan fingerprint density at radius 1 is 0.938 bits per heavy atom. The first-order valence-corrected chi connectivity index (χ1v) is 6.86. The van der Waals surface area contributed by atoms with E-state index in [4.69, 9.17) is 0 Å². The van der Waals surface area contributed by atoms with Gasteiger partial charge in [-0.15, -0.1) is 11.8 Å². The molecular formula is C15H24S. The van der Waals surface area contributed by atoms with E-state index in [1.54, 1.807) is 0 Å². The zero-order chi connectivity index (χ0) is 12.4. The zero-order valence-electron chi connectivity index (χ0n) is 11.4. The van der Waals surface area contributed by atoms with Gasteiger partial charge >= 0.3 is 0 Å². The highest BCUT2D eigenvalue weighted by atomic mass is 32.2. The van der Waals surface area contributed by atoms with Gasteiger partial charge in [-0.25, -0.2) is 0 Å². The van der Waals surface area contributed by atoms with Crippen molar-refractivity contribution in [2.75, 3.05) is 0 Å². The summed E-state index contributed by atoms with van der Waals surface area (Å²) in [5.74, 6) is 0. The first-order chi connectivity index (χ1) is 7.24. The first kappa shape index (κ1) is 13.6. The Hall–Kier alpha value is -0.430. The van der Waals surface area contributed by atoms with Crippen molar-refractivity contribution in [1.82, 2.24) is 0 Å². The van der Waals surface area contributed by atoms with Crippen LogP contribution in [-0.2, 0) is 5.41 Å². The first-order valence-electron chi connectivity index (χ1n) is 6.04. The molecule has 0 amide bonds. The van der Waals surface area contributed by atoms with Gasteiger partial charge < -0.3 is 0 Å². The van der Waals surface area contributed by atoms with Crippen molar-refractivity contribution < 1.29 is 0 Å². The molecular weight excluding hydrogens is 212 g/mol. The van der Waals surface area contributed by atoms with Crippen LogP contribution in [0.4, 0.5) is 0 Å². The molecule has 0 aliphatic heterocycles. The third kappa shape index (κ3) is 3.86. The Labute approximate surface area is 105 Å². The van der Waals surface area contributed by atoms with Gasteiger partial charge in [-0.2, -0.15) is 0 Å². The molecule has 0 aliphatic carbocycles. The van der Waals surface area contributed by atoms with Crippen LogP contribution in [0.25, 0.3) is 0 Å². The monoisotopic (exact) mass is 236 g/mol. The average molecular weight is 236 g/mol. The van der Waals surface area contributed by atoms with Gasteiger partial charge in [0, 0.05) is 9.64 Å². The van der Waals surface area contributed by atoms with E-state index in [0.717, 1.165) is 0 Å². The summed E-state index contributed by atoms with van der Waals surface area (Å²) >= 11 is 1.97. The molecule has 0 unspecified atom stereocenters. The zero-order valence-corrected chi connectivity index (χ0v) is 12.2. The summed E-state index contributed by atoms with van der Waals surface area (Å²) < 4.78 is 0.337. The highest BCUT2D eigenvalue weighted by Crippen LogP contribution is 2.35. The van der Waals surface area contributed by atoms with Crippen LogP contribution >= 0.6 is 11.8 Å². The molecule has 0 aliphatic rings. The fourth-order valence-electron chi connectivity index (χ4n) is 1.41. The normalized spacial score (nSPS) is 12.9. The molecule has 0 spiro atoms. The summed E-state index contributed by atoms with van der Waals surface area (Å²) in [4.78, 5) is 1.37. The maximum atomic E-state index is 2.30. The van der Waals surface area contributed by atoms with Crippen molar-refractivity contribution in [2.24, 2.45) is 0 Å². The minimum absolute atomic E-state index is 0.253. The number of benzene rings is 1. The predicted molar refractivity (Wildman–Crippen MR) is 75.4 cm³/mol. The number of rotatable bonds is 3. The van der Waals surface area contributed by atoms with Gasteiger partial charge in [0.05, 0.1) is 0 Å². The molecule has 0 N–H and O–H groups in total. The quantitative estimate of drug-likeness (QED) is 0.645. The second-order valence-corrected chi connectivity index (χ2v) is 7.77. The molecule has 1 heteroatoms. The molecule has 0 saturated carbocycles. The second-order valence-electron chi connectivity index (χ2n) is 5.99. The van der Waals surface area contributed by atoms with Crippen molar-refractivity contribution in [3.05, 3.63) is 29.8 Å². The Morgan fingerprint density at radius 2 is 1.44 bits per heavy atom. The van der Waals surface area contributed by atoms with Gasteiger partial charge in [-0.1, -0.05) is 53.7 Å². The minimum Gasteiger partial charge on any atom is -0.120 e. The molecule has 0 atom stereocenters. The molecule has 0 heterocycles. The molecule has 0 aromatic heterocycles. The van der Waals surface area contributed by atoms with Gasteiger partial charge in [-0.05, 0) is 29.5 Å². The van der Waals surface area contributed by atoms with Crippen LogP contribution in [-0.4, -0.2) is 4.75 Å². The molecule has 1 rings (SSSR count). The smallest absolute Gasteiger partial charge is 0.0148 e. The van der Waals surface area contributed by atoms with Crippen molar-refractivity contribution >= 4 is 11.8 Å². The Kier molecular flexibility index (Phi) is 4.12. The number of hydrogen-bond acceptors (Lipinski definition) is 1. The van der Waals surface area contributed by atoms with Crippen LogP contribution in [0.1, 0.15) is 53.5 Å². The minimum atomic E-state index is 0.253. The standard InChI is InChI=1S/C15H24S/c1-7-15(5,6)16-13-10-8-12(9-11-13)14(2,3)4/h8-11H,7H2,1-6H3. The molecule has 1 aromatic rings.